The van der Waals surface area contributed by atoms with E-state index in [0.717, 1.165) is 22.4 Å². The summed E-state index contributed by atoms with van der Waals surface area (Å²) in [6.45, 7) is 0.580. The van der Waals surface area contributed by atoms with E-state index in [1.165, 1.54) is 0 Å². The highest BCUT2D eigenvalue weighted by atomic mass is 32.1. The lowest BCUT2D eigenvalue weighted by molar-refractivity contribution is 0.306. The average Bonchev–Trinajstić information content (AvgIpc) is 3.08. The normalized spacial score (nSPS) is 12.0. The molecule has 0 unspecified atom stereocenters. The highest BCUT2D eigenvalue weighted by molar-refractivity contribution is 7.08. The fourth-order valence-electron chi connectivity index (χ4n) is 2.16. The number of rotatable bonds is 5. The minimum Gasteiger partial charge on any atom is -0.489 e. The highest BCUT2D eigenvalue weighted by Crippen LogP contribution is 2.24. The number of ether oxygens (including phenoxy) is 1. The molecule has 0 saturated heterocycles. The Morgan fingerprint density at radius 2 is 1.67 bits per heavy atom. The van der Waals surface area contributed by atoms with Crippen LogP contribution in [-0.4, -0.2) is 0 Å². The molecule has 106 valence electrons. The third-order valence-electron chi connectivity index (χ3n) is 3.39. The second kappa shape index (κ2) is 6.57. The number of benzene rings is 2. The molecule has 1 aromatic heterocycles. The molecule has 0 aliphatic heterocycles. The van der Waals surface area contributed by atoms with E-state index in [-0.39, 0.29) is 6.04 Å². The number of thiophene rings is 1. The Morgan fingerprint density at radius 1 is 0.905 bits per heavy atom. The highest BCUT2D eigenvalue weighted by Gasteiger charge is 2.09. The molecule has 21 heavy (non-hydrogen) atoms. The summed E-state index contributed by atoms with van der Waals surface area (Å²) in [5, 5.41) is 4.14. The van der Waals surface area contributed by atoms with Crippen molar-refractivity contribution < 1.29 is 4.74 Å². The van der Waals surface area contributed by atoms with Crippen LogP contribution in [0, 0.1) is 0 Å². The zero-order chi connectivity index (χ0) is 14.5. The molecule has 3 rings (SSSR count). The van der Waals surface area contributed by atoms with Crippen LogP contribution in [0.4, 0.5) is 0 Å². The van der Waals surface area contributed by atoms with E-state index in [2.05, 4.69) is 23.6 Å². The van der Waals surface area contributed by atoms with E-state index >= 15 is 0 Å². The summed E-state index contributed by atoms with van der Waals surface area (Å²) in [4.78, 5) is 0. The third-order valence-corrected chi connectivity index (χ3v) is 4.09. The van der Waals surface area contributed by atoms with Crippen LogP contribution in [0.15, 0.2) is 71.4 Å². The summed E-state index contributed by atoms with van der Waals surface area (Å²) >= 11 is 1.67. The van der Waals surface area contributed by atoms with Crippen molar-refractivity contribution >= 4 is 11.3 Å². The van der Waals surface area contributed by atoms with E-state index in [0.29, 0.717) is 6.61 Å². The van der Waals surface area contributed by atoms with Gasteiger partial charge in [0, 0.05) is 0 Å². The number of hydrogen-bond acceptors (Lipinski definition) is 3. The minimum absolute atomic E-state index is 0.0700. The maximum Gasteiger partial charge on any atom is 0.119 e. The van der Waals surface area contributed by atoms with Crippen LogP contribution < -0.4 is 10.5 Å². The predicted octanol–water partition coefficient (Wildman–Crippen LogP) is 4.38. The van der Waals surface area contributed by atoms with Gasteiger partial charge in [0.05, 0.1) is 6.04 Å². The Labute approximate surface area is 128 Å². The summed E-state index contributed by atoms with van der Waals surface area (Å²) < 4.78 is 5.78. The van der Waals surface area contributed by atoms with Crippen molar-refractivity contribution in [1.82, 2.24) is 0 Å². The van der Waals surface area contributed by atoms with Crippen LogP contribution in [0.2, 0.25) is 0 Å². The smallest absolute Gasteiger partial charge is 0.119 e. The topological polar surface area (TPSA) is 35.2 Å². The van der Waals surface area contributed by atoms with Gasteiger partial charge in [0.2, 0.25) is 0 Å². The summed E-state index contributed by atoms with van der Waals surface area (Å²) in [5.74, 6) is 0.861. The zero-order valence-electron chi connectivity index (χ0n) is 11.6. The van der Waals surface area contributed by atoms with E-state index in [4.69, 9.17) is 10.5 Å². The fraction of sp³-hybridized carbons (Fsp3) is 0.111. The van der Waals surface area contributed by atoms with E-state index < -0.39 is 0 Å². The molecule has 0 spiro atoms. The summed E-state index contributed by atoms with van der Waals surface area (Å²) in [6.07, 6.45) is 0. The Hall–Kier alpha value is -2.10. The van der Waals surface area contributed by atoms with Gasteiger partial charge >= 0.3 is 0 Å². The van der Waals surface area contributed by atoms with Crippen molar-refractivity contribution in [1.29, 1.82) is 0 Å². The lowest BCUT2D eigenvalue weighted by Gasteiger charge is -2.12. The Morgan fingerprint density at radius 3 is 2.33 bits per heavy atom. The van der Waals surface area contributed by atoms with Crippen molar-refractivity contribution in [2.75, 3.05) is 0 Å². The van der Waals surface area contributed by atoms with E-state index in [1.54, 1.807) is 11.3 Å². The van der Waals surface area contributed by atoms with Gasteiger partial charge in [-0.2, -0.15) is 11.3 Å². The largest absolute Gasteiger partial charge is 0.489 e. The first-order valence-corrected chi connectivity index (χ1v) is 7.81. The van der Waals surface area contributed by atoms with Crippen molar-refractivity contribution in [2.24, 2.45) is 5.73 Å². The van der Waals surface area contributed by atoms with Gasteiger partial charge in [-0.15, -0.1) is 0 Å². The average molecular weight is 295 g/mol. The standard InChI is InChI=1S/C18H17NOS/c19-18(16-10-11-21-13-16)15-6-8-17(9-7-15)20-12-14-4-2-1-3-5-14/h1-11,13,18H,12,19H2/t18-/m0/s1. The van der Waals surface area contributed by atoms with Gasteiger partial charge < -0.3 is 10.5 Å². The third kappa shape index (κ3) is 3.51. The predicted molar refractivity (Wildman–Crippen MR) is 87.6 cm³/mol. The summed E-state index contributed by atoms with van der Waals surface area (Å²) in [7, 11) is 0. The first-order chi connectivity index (χ1) is 10.3. The molecule has 1 heterocycles. The van der Waals surface area contributed by atoms with Gasteiger partial charge in [-0.1, -0.05) is 42.5 Å². The maximum atomic E-state index is 6.24. The van der Waals surface area contributed by atoms with Crippen molar-refractivity contribution in [3.63, 3.8) is 0 Å². The van der Waals surface area contributed by atoms with E-state index in [1.807, 2.05) is 47.8 Å². The van der Waals surface area contributed by atoms with Gasteiger partial charge in [0.1, 0.15) is 12.4 Å². The molecule has 0 saturated carbocycles. The maximum absolute atomic E-state index is 6.24. The minimum atomic E-state index is -0.0700. The zero-order valence-corrected chi connectivity index (χ0v) is 12.4. The van der Waals surface area contributed by atoms with Crippen LogP contribution >= 0.6 is 11.3 Å². The molecular formula is C18H17NOS. The Kier molecular flexibility index (Phi) is 4.34. The lowest BCUT2D eigenvalue weighted by Crippen LogP contribution is -2.10. The molecule has 3 aromatic rings. The molecule has 0 radical (unpaired) electrons. The van der Waals surface area contributed by atoms with Gasteiger partial charge in [-0.25, -0.2) is 0 Å². The van der Waals surface area contributed by atoms with Gasteiger partial charge in [-0.05, 0) is 45.6 Å². The van der Waals surface area contributed by atoms with Crippen molar-refractivity contribution in [2.45, 2.75) is 12.6 Å². The van der Waals surface area contributed by atoms with Crippen LogP contribution in [0.1, 0.15) is 22.7 Å². The molecule has 0 amide bonds. The molecule has 0 bridgehead atoms. The summed E-state index contributed by atoms with van der Waals surface area (Å²) in [5.41, 5.74) is 9.65. The molecule has 0 fully saturated rings. The molecule has 2 nitrogen and oxygen atoms in total. The molecule has 0 aliphatic carbocycles. The SMILES string of the molecule is N[C@@H](c1ccc(OCc2ccccc2)cc1)c1ccsc1. The van der Waals surface area contributed by atoms with Gasteiger partial charge in [0.15, 0.2) is 0 Å². The van der Waals surface area contributed by atoms with Crippen molar-refractivity contribution in [3.05, 3.63) is 88.1 Å². The molecule has 0 aliphatic rings. The summed E-state index contributed by atoms with van der Waals surface area (Å²) in [6, 6.07) is 20.2. The Balaban J connectivity index is 1.64. The van der Waals surface area contributed by atoms with Crippen LogP contribution in [0.3, 0.4) is 0 Å². The van der Waals surface area contributed by atoms with Crippen LogP contribution in [0.5, 0.6) is 5.75 Å². The molecular weight excluding hydrogens is 278 g/mol. The van der Waals surface area contributed by atoms with Gasteiger partial charge in [0.25, 0.3) is 0 Å². The number of nitrogens with two attached hydrogens (primary N) is 1. The molecule has 2 N–H and O–H groups in total. The second-order valence-electron chi connectivity index (χ2n) is 4.88. The van der Waals surface area contributed by atoms with Crippen LogP contribution in [0.25, 0.3) is 0 Å². The monoisotopic (exact) mass is 295 g/mol. The van der Waals surface area contributed by atoms with Crippen molar-refractivity contribution in [3.8, 4) is 5.75 Å². The van der Waals surface area contributed by atoms with Crippen LogP contribution in [-0.2, 0) is 6.61 Å². The first kappa shape index (κ1) is 13.9. The molecule has 2 aromatic carbocycles. The first-order valence-electron chi connectivity index (χ1n) is 6.87. The Bertz CT molecular complexity index is 662. The van der Waals surface area contributed by atoms with E-state index in [9.17, 15) is 0 Å². The quantitative estimate of drug-likeness (QED) is 0.758. The lowest BCUT2D eigenvalue weighted by atomic mass is 10.0. The van der Waals surface area contributed by atoms with Gasteiger partial charge in [-0.3, -0.25) is 0 Å². The number of hydrogen-bond donors (Lipinski definition) is 1. The fourth-order valence-corrected chi connectivity index (χ4v) is 2.85. The second-order valence-corrected chi connectivity index (χ2v) is 5.66. The molecule has 1 atom stereocenters. The molecule has 3 heteroatoms.